The Morgan fingerprint density at radius 3 is 2.65 bits per heavy atom. The third-order valence-corrected chi connectivity index (χ3v) is 3.75. The Morgan fingerprint density at radius 1 is 1.15 bits per heavy atom. The number of halogens is 2. The number of aromatic nitrogens is 2. The molecule has 0 atom stereocenters. The lowest BCUT2D eigenvalue weighted by atomic mass is 10.2. The molecule has 2 N–H and O–H groups in total. The van der Waals surface area contributed by atoms with Crippen molar-refractivity contribution in [2.45, 2.75) is 13.3 Å². The number of fused-ring (bicyclic) bond motifs is 1. The van der Waals surface area contributed by atoms with Crippen LogP contribution in [0.2, 0.25) is 10.0 Å². The maximum absolute atomic E-state index is 6.32. The molecule has 2 aromatic carbocycles. The summed E-state index contributed by atoms with van der Waals surface area (Å²) in [4.78, 5) is 4.62. The van der Waals surface area contributed by atoms with E-state index in [2.05, 4.69) is 11.9 Å². The van der Waals surface area contributed by atoms with Gasteiger partial charge in [-0.25, -0.2) is 4.98 Å². The van der Waals surface area contributed by atoms with Crippen molar-refractivity contribution in [2.75, 3.05) is 5.73 Å². The molecule has 0 fully saturated rings. The lowest BCUT2D eigenvalue weighted by Gasteiger charge is -2.10. The van der Waals surface area contributed by atoms with E-state index >= 15 is 0 Å². The third-order valence-electron chi connectivity index (χ3n) is 3.21. The third kappa shape index (κ3) is 2.13. The molecular weight excluding hydrogens is 293 g/mol. The molecular formula is C15H13Cl2N3. The number of benzene rings is 2. The van der Waals surface area contributed by atoms with Crippen LogP contribution in [0.5, 0.6) is 0 Å². The minimum Gasteiger partial charge on any atom is -0.399 e. The molecule has 0 bridgehead atoms. The van der Waals surface area contributed by atoms with Gasteiger partial charge in [-0.3, -0.25) is 4.57 Å². The highest BCUT2D eigenvalue weighted by atomic mass is 35.5. The summed E-state index contributed by atoms with van der Waals surface area (Å²) < 4.78 is 2.05. The Labute approximate surface area is 126 Å². The van der Waals surface area contributed by atoms with Crippen LogP contribution in [-0.4, -0.2) is 9.55 Å². The monoisotopic (exact) mass is 305 g/mol. The fraction of sp³-hybridized carbons (Fsp3) is 0.133. The first-order valence-corrected chi connectivity index (χ1v) is 7.08. The van der Waals surface area contributed by atoms with Crippen molar-refractivity contribution in [1.82, 2.24) is 9.55 Å². The number of imidazole rings is 1. The number of aryl methyl sites for hydroxylation is 1. The van der Waals surface area contributed by atoms with Crippen molar-refractivity contribution >= 4 is 39.9 Å². The van der Waals surface area contributed by atoms with E-state index in [1.54, 1.807) is 6.07 Å². The van der Waals surface area contributed by atoms with Gasteiger partial charge < -0.3 is 5.73 Å². The van der Waals surface area contributed by atoms with E-state index in [-0.39, 0.29) is 0 Å². The van der Waals surface area contributed by atoms with Gasteiger partial charge in [-0.1, -0.05) is 30.1 Å². The minimum atomic E-state index is 0.600. The first-order chi connectivity index (χ1) is 9.60. The van der Waals surface area contributed by atoms with Gasteiger partial charge in [0.2, 0.25) is 0 Å². The van der Waals surface area contributed by atoms with Gasteiger partial charge in [0.25, 0.3) is 0 Å². The molecule has 5 heteroatoms. The van der Waals surface area contributed by atoms with E-state index in [1.165, 1.54) is 0 Å². The Kier molecular flexibility index (Phi) is 3.32. The van der Waals surface area contributed by atoms with Gasteiger partial charge >= 0.3 is 0 Å². The molecule has 3 aromatic rings. The van der Waals surface area contributed by atoms with E-state index in [9.17, 15) is 0 Å². The average Bonchev–Trinajstić information content (AvgIpc) is 2.76. The molecule has 1 aromatic heterocycles. The number of nitrogens with zero attached hydrogens (tertiary/aromatic N) is 2. The first kappa shape index (κ1) is 13.3. The second kappa shape index (κ2) is 5.00. The summed E-state index contributed by atoms with van der Waals surface area (Å²) in [6, 6.07) is 11.2. The lowest BCUT2D eigenvalue weighted by molar-refractivity contribution is 0.908. The van der Waals surface area contributed by atoms with Gasteiger partial charge in [0.15, 0.2) is 0 Å². The van der Waals surface area contributed by atoms with Crippen molar-refractivity contribution in [2.24, 2.45) is 0 Å². The predicted octanol–water partition coefficient (Wildman–Crippen LogP) is 4.48. The van der Waals surface area contributed by atoms with Crippen LogP contribution in [0, 0.1) is 0 Å². The Balaban J connectivity index is 2.34. The summed E-state index contributed by atoms with van der Waals surface area (Å²) in [5.41, 5.74) is 9.25. The molecule has 0 radical (unpaired) electrons. The second-order valence-electron chi connectivity index (χ2n) is 4.56. The number of nitrogens with two attached hydrogens (primary N) is 1. The zero-order valence-corrected chi connectivity index (χ0v) is 12.4. The Bertz CT molecular complexity index is 793. The Morgan fingerprint density at radius 2 is 1.95 bits per heavy atom. The number of nitrogen functional groups attached to an aromatic ring is 1. The highest BCUT2D eigenvalue weighted by molar-refractivity contribution is 6.35. The normalized spacial score (nSPS) is 11.2. The zero-order chi connectivity index (χ0) is 14.3. The van der Waals surface area contributed by atoms with Crippen LogP contribution >= 0.6 is 23.2 Å². The highest BCUT2D eigenvalue weighted by Crippen LogP contribution is 2.30. The molecule has 1 heterocycles. The molecule has 3 nitrogen and oxygen atoms in total. The van der Waals surface area contributed by atoms with Gasteiger partial charge in [0, 0.05) is 17.1 Å². The van der Waals surface area contributed by atoms with Gasteiger partial charge in [0.1, 0.15) is 5.82 Å². The van der Waals surface area contributed by atoms with E-state index in [1.807, 2.05) is 34.9 Å². The van der Waals surface area contributed by atoms with Crippen molar-refractivity contribution in [1.29, 1.82) is 0 Å². The molecule has 0 aliphatic rings. The van der Waals surface area contributed by atoms with Crippen LogP contribution in [0.4, 0.5) is 5.69 Å². The summed E-state index contributed by atoms with van der Waals surface area (Å²) in [6.07, 6.45) is 0.799. The van der Waals surface area contributed by atoms with Crippen LogP contribution in [0.3, 0.4) is 0 Å². The average molecular weight is 306 g/mol. The van der Waals surface area contributed by atoms with Gasteiger partial charge in [0.05, 0.1) is 21.7 Å². The summed E-state index contributed by atoms with van der Waals surface area (Å²) in [6.45, 7) is 2.06. The summed E-state index contributed by atoms with van der Waals surface area (Å²) in [7, 11) is 0. The van der Waals surface area contributed by atoms with Crippen LogP contribution in [0.25, 0.3) is 16.7 Å². The number of rotatable bonds is 2. The molecule has 0 aliphatic heterocycles. The predicted molar refractivity (Wildman–Crippen MR) is 84.9 cm³/mol. The summed E-state index contributed by atoms with van der Waals surface area (Å²) >= 11 is 12.3. The molecule has 20 heavy (non-hydrogen) atoms. The zero-order valence-electron chi connectivity index (χ0n) is 10.9. The maximum atomic E-state index is 6.32. The SMILES string of the molecule is CCc1nc2cc(N)ccc2n1-c1ccc(Cl)cc1Cl. The van der Waals surface area contributed by atoms with Gasteiger partial charge in [-0.2, -0.15) is 0 Å². The molecule has 0 amide bonds. The molecule has 3 rings (SSSR count). The number of hydrogen-bond donors (Lipinski definition) is 1. The fourth-order valence-electron chi connectivity index (χ4n) is 2.32. The maximum Gasteiger partial charge on any atom is 0.114 e. The van der Waals surface area contributed by atoms with E-state index in [0.29, 0.717) is 15.7 Å². The summed E-state index contributed by atoms with van der Waals surface area (Å²) in [5.74, 6) is 0.940. The van der Waals surface area contributed by atoms with Crippen LogP contribution in [0.15, 0.2) is 36.4 Å². The smallest absolute Gasteiger partial charge is 0.114 e. The molecule has 0 unspecified atom stereocenters. The molecule has 0 saturated carbocycles. The van der Waals surface area contributed by atoms with Crippen molar-refractivity contribution in [3.05, 3.63) is 52.3 Å². The van der Waals surface area contributed by atoms with Crippen LogP contribution in [-0.2, 0) is 6.42 Å². The number of anilines is 1. The standard InChI is InChI=1S/C15H13Cl2N3/c1-2-15-19-12-8-10(18)4-6-14(12)20(15)13-5-3-9(16)7-11(13)17/h3-8H,2,18H2,1H3. The van der Waals surface area contributed by atoms with E-state index in [4.69, 9.17) is 28.9 Å². The molecule has 0 saturated heterocycles. The van der Waals surface area contributed by atoms with Crippen molar-refractivity contribution in [3.63, 3.8) is 0 Å². The lowest BCUT2D eigenvalue weighted by Crippen LogP contribution is -2.00. The highest BCUT2D eigenvalue weighted by Gasteiger charge is 2.13. The largest absolute Gasteiger partial charge is 0.399 e. The minimum absolute atomic E-state index is 0.600. The van der Waals surface area contributed by atoms with Crippen LogP contribution < -0.4 is 5.73 Å². The fourth-order valence-corrected chi connectivity index (χ4v) is 2.81. The Hall–Kier alpha value is -1.71. The van der Waals surface area contributed by atoms with E-state index in [0.717, 1.165) is 29.0 Å². The van der Waals surface area contributed by atoms with Crippen molar-refractivity contribution < 1.29 is 0 Å². The van der Waals surface area contributed by atoms with Crippen molar-refractivity contribution in [3.8, 4) is 5.69 Å². The second-order valence-corrected chi connectivity index (χ2v) is 5.40. The van der Waals surface area contributed by atoms with E-state index < -0.39 is 0 Å². The quantitative estimate of drug-likeness (QED) is 0.710. The van der Waals surface area contributed by atoms with Gasteiger partial charge in [-0.05, 0) is 36.4 Å². The van der Waals surface area contributed by atoms with Gasteiger partial charge in [-0.15, -0.1) is 0 Å². The van der Waals surface area contributed by atoms with Crippen LogP contribution in [0.1, 0.15) is 12.7 Å². The first-order valence-electron chi connectivity index (χ1n) is 6.32. The topological polar surface area (TPSA) is 43.8 Å². The summed E-state index contributed by atoms with van der Waals surface area (Å²) in [5, 5.41) is 1.22. The number of hydrogen-bond acceptors (Lipinski definition) is 2. The molecule has 102 valence electrons. The molecule has 0 aliphatic carbocycles. The molecule has 0 spiro atoms.